The predicted molar refractivity (Wildman–Crippen MR) is 89.1 cm³/mol. The van der Waals surface area contributed by atoms with Gasteiger partial charge in [0.1, 0.15) is 0 Å². The van der Waals surface area contributed by atoms with Crippen LogP contribution in [0.4, 0.5) is 0 Å². The Kier molecular flexibility index (Phi) is 3.90. The maximum Gasteiger partial charge on any atom is 0.0843 e. The highest BCUT2D eigenvalue weighted by atomic mass is 32.1. The topological polar surface area (TPSA) is 43.8 Å². The molecular weight excluding hydrogens is 278 g/mol. The van der Waals surface area contributed by atoms with E-state index in [4.69, 9.17) is 10.8 Å². The Morgan fingerprint density at radius 3 is 2.76 bits per heavy atom. The van der Waals surface area contributed by atoms with Gasteiger partial charge in [-0.05, 0) is 55.1 Å². The molecule has 3 nitrogen and oxygen atoms in total. The van der Waals surface area contributed by atoms with Gasteiger partial charge in [0.15, 0.2) is 0 Å². The summed E-state index contributed by atoms with van der Waals surface area (Å²) >= 11 is 1.73. The predicted octanol–water partition coefficient (Wildman–Crippen LogP) is 3.72. The van der Waals surface area contributed by atoms with E-state index in [0.717, 1.165) is 23.5 Å². The van der Waals surface area contributed by atoms with Gasteiger partial charge in [0.2, 0.25) is 0 Å². The zero-order valence-electron chi connectivity index (χ0n) is 12.3. The maximum atomic E-state index is 5.68. The van der Waals surface area contributed by atoms with E-state index in [-0.39, 0.29) is 0 Å². The van der Waals surface area contributed by atoms with Crippen molar-refractivity contribution in [3.05, 3.63) is 58.6 Å². The minimum absolute atomic E-state index is 0.619. The Morgan fingerprint density at radius 1 is 1.19 bits per heavy atom. The number of thiophene rings is 1. The fraction of sp³-hybridized carbons (Fsp3) is 0.235. The molecule has 2 aromatic heterocycles. The van der Waals surface area contributed by atoms with E-state index >= 15 is 0 Å². The SMILES string of the molecule is Cc1cccc(-n2nc(CCN)cc2-c2cccs2)c1C. The van der Waals surface area contributed by atoms with Gasteiger partial charge in [-0.3, -0.25) is 0 Å². The number of rotatable bonds is 4. The van der Waals surface area contributed by atoms with Crippen LogP contribution in [0.1, 0.15) is 16.8 Å². The number of nitrogens with two attached hydrogens (primary N) is 1. The fourth-order valence-electron chi connectivity index (χ4n) is 2.45. The summed E-state index contributed by atoms with van der Waals surface area (Å²) in [5, 5.41) is 6.87. The lowest BCUT2D eigenvalue weighted by Gasteiger charge is -2.11. The quantitative estimate of drug-likeness (QED) is 0.797. The second-order valence-electron chi connectivity index (χ2n) is 5.17. The van der Waals surface area contributed by atoms with Gasteiger partial charge in [-0.15, -0.1) is 11.3 Å². The van der Waals surface area contributed by atoms with Crippen LogP contribution in [0.15, 0.2) is 41.8 Å². The van der Waals surface area contributed by atoms with Gasteiger partial charge in [0.25, 0.3) is 0 Å². The second kappa shape index (κ2) is 5.84. The van der Waals surface area contributed by atoms with E-state index in [1.165, 1.54) is 16.0 Å². The number of aromatic nitrogens is 2. The van der Waals surface area contributed by atoms with Crippen LogP contribution in [0.3, 0.4) is 0 Å². The smallest absolute Gasteiger partial charge is 0.0843 e. The van der Waals surface area contributed by atoms with Crippen molar-refractivity contribution in [2.24, 2.45) is 5.73 Å². The van der Waals surface area contributed by atoms with E-state index in [0.29, 0.717) is 6.54 Å². The van der Waals surface area contributed by atoms with Crippen LogP contribution in [0, 0.1) is 13.8 Å². The van der Waals surface area contributed by atoms with Crippen molar-refractivity contribution in [3.63, 3.8) is 0 Å². The molecule has 0 atom stereocenters. The Hall–Kier alpha value is -1.91. The highest BCUT2D eigenvalue weighted by Crippen LogP contribution is 2.29. The molecule has 0 aliphatic heterocycles. The molecule has 0 fully saturated rings. The first-order valence-electron chi connectivity index (χ1n) is 7.10. The molecule has 108 valence electrons. The third-order valence-corrected chi connectivity index (χ3v) is 4.63. The standard InChI is InChI=1S/C17H19N3S/c1-12-5-3-6-15(13(12)2)20-16(17-7-4-10-21-17)11-14(19-20)8-9-18/h3-7,10-11H,8-9,18H2,1-2H3. The Balaban J connectivity index is 2.19. The summed E-state index contributed by atoms with van der Waals surface area (Å²) in [6, 6.07) is 12.7. The van der Waals surface area contributed by atoms with Crippen molar-refractivity contribution >= 4 is 11.3 Å². The minimum atomic E-state index is 0.619. The van der Waals surface area contributed by atoms with Crippen molar-refractivity contribution in [1.82, 2.24) is 9.78 Å². The summed E-state index contributed by atoms with van der Waals surface area (Å²) in [5.41, 5.74) is 11.5. The third kappa shape index (κ3) is 2.64. The molecule has 2 heterocycles. The van der Waals surface area contributed by atoms with Crippen molar-refractivity contribution in [3.8, 4) is 16.3 Å². The molecule has 1 aromatic carbocycles. The first kappa shape index (κ1) is 14.0. The van der Waals surface area contributed by atoms with E-state index in [1.807, 2.05) is 0 Å². The summed E-state index contributed by atoms with van der Waals surface area (Å²) in [6.45, 7) is 4.90. The summed E-state index contributed by atoms with van der Waals surface area (Å²) in [5.74, 6) is 0. The summed E-state index contributed by atoms with van der Waals surface area (Å²) in [7, 11) is 0. The lowest BCUT2D eigenvalue weighted by Crippen LogP contribution is -2.05. The monoisotopic (exact) mass is 297 g/mol. The van der Waals surface area contributed by atoms with Crippen molar-refractivity contribution < 1.29 is 0 Å². The van der Waals surface area contributed by atoms with Crippen molar-refractivity contribution in [2.45, 2.75) is 20.3 Å². The molecule has 0 spiro atoms. The molecule has 21 heavy (non-hydrogen) atoms. The molecule has 3 aromatic rings. The molecule has 0 saturated carbocycles. The van der Waals surface area contributed by atoms with Crippen molar-refractivity contribution in [2.75, 3.05) is 6.54 Å². The molecule has 0 bridgehead atoms. The van der Waals surface area contributed by atoms with Crippen LogP contribution in [-0.2, 0) is 6.42 Å². The Labute approximate surface area is 129 Å². The second-order valence-corrected chi connectivity index (χ2v) is 6.12. The number of hydrogen-bond acceptors (Lipinski definition) is 3. The van der Waals surface area contributed by atoms with Crippen LogP contribution in [0.5, 0.6) is 0 Å². The van der Waals surface area contributed by atoms with Crippen LogP contribution in [0.2, 0.25) is 0 Å². The highest BCUT2D eigenvalue weighted by molar-refractivity contribution is 7.13. The Morgan fingerprint density at radius 2 is 2.05 bits per heavy atom. The summed E-state index contributed by atoms with van der Waals surface area (Å²) in [4.78, 5) is 1.23. The van der Waals surface area contributed by atoms with Gasteiger partial charge in [-0.1, -0.05) is 18.2 Å². The van der Waals surface area contributed by atoms with Crippen molar-refractivity contribution in [1.29, 1.82) is 0 Å². The van der Waals surface area contributed by atoms with E-state index in [2.05, 4.69) is 60.3 Å². The summed E-state index contributed by atoms with van der Waals surface area (Å²) < 4.78 is 2.05. The minimum Gasteiger partial charge on any atom is -0.330 e. The molecule has 0 amide bonds. The van der Waals surface area contributed by atoms with Crippen LogP contribution < -0.4 is 5.73 Å². The molecule has 0 aliphatic rings. The lowest BCUT2D eigenvalue weighted by atomic mass is 10.1. The maximum absolute atomic E-state index is 5.68. The lowest BCUT2D eigenvalue weighted by molar-refractivity contribution is 0.821. The van der Waals surface area contributed by atoms with E-state index in [1.54, 1.807) is 11.3 Å². The average Bonchev–Trinajstić information content (AvgIpc) is 3.11. The van der Waals surface area contributed by atoms with Gasteiger partial charge < -0.3 is 5.73 Å². The van der Waals surface area contributed by atoms with Gasteiger partial charge >= 0.3 is 0 Å². The number of aryl methyl sites for hydroxylation is 1. The third-order valence-electron chi connectivity index (χ3n) is 3.74. The normalized spacial score (nSPS) is 11.0. The molecule has 0 unspecified atom stereocenters. The summed E-state index contributed by atoms with van der Waals surface area (Å²) in [6.07, 6.45) is 0.802. The van der Waals surface area contributed by atoms with Crippen LogP contribution >= 0.6 is 11.3 Å². The van der Waals surface area contributed by atoms with E-state index in [9.17, 15) is 0 Å². The number of nitrogens with zero attached hydrogens (tertiary/aromatic N) is 2. The molecule has 2 N–H and O–H groups in total. The zero-order chi connectivity index (χ0) is 14.8. The first-order chi connectivity index (χ1) is 10.2. The van der Waals surface area contributed by atoms with Gasteiger partial charge in [-0.25, -0.2) is 4.68 Å². The van der Waals surface area contributed by atoms with Crippen LogP contribution in [-0.4, -0.2) is 16.3 Å². The fourth-order valence-corrected chi connectivity index (χ4v) is 3.18. The zero-order valence-corrected chi connectivity index (χ0v) is 13.2. The van der Waals surface area contributed by atoms with Gasteiger partial charge in [0.05, 0.1) is 22.0 Å². The van der Waals surface area contributed by atoms with E-state index < -0.39 is 0 Å². The molecular formula is C17H19N3S. The molecule has 0 aliphatic carbocycles. The highest BCUT2D eigenvalue weighted by Gasteiger charge is 2.14. The Bertz CT molecular complexity index is 741. The largest absolute Gasteiger partial charge is 0.330 e. The first-order valence-corrected chi connectivity index (χ1v) is 7.98. The van der Waals surface area contributed by atoms with Gasteiger partial charge in [-0.2, -0.15) is 5.10 Å². The van der Waals surface area contributed by atoms with Gasteiger partial charge in [0, 0.05) is 6.42 Å². The molecule has 3 rings (SSSR count). The van der Waals surface area contributed by atoms with Crippen LogP contribution in [0.25, 0.3) is 16.3 Å². The average molecular weight is 297 g/mol. The number of hydrogen-bond donors (Lipinski definition) is 1. The molecule has 0 radical (unpaired) electrons. The molecule has 0 saturated heterocycles. The number of benzene rings is 1. The molecule has 4 heteroatoms.